The third kappa shape index (κ3) is 5.16. The summed E-state index contributed by atoms with van der Waals surface area (Å²) in [4.78, 5) is 26.7. The zero-order valence-electron chi connectivity index (χ0n) is 14.7. The van der Waals surface area contributed by atoms with E-state index in [0.717, 1.165) is 24.9 Å². The van der Waals surface area contributed by atoms with Crippen LogP contribution in [0.1, 0.15) is 37.7 Å². The molecule has 1 atom stereocenters. The highest BCUT2D eigenvalue weighted by molar-refractivity contribution is 5.88. The fourth-order valence-corrected chi connectivity index (χ4v) is 3.52. The quantitative estimate of drug-likeness (QED) is 0.778. The second-order valence-electron chi connectivity index (χ2n) is 6.85. The van der Waals surface area contributed by atoms with Crippen molar-refractivity contribution < 1.29 is 9.59 Å². The summed E-state index contributed by atoms with van der Waals surface area (Å²) < 4.78 is 0. The van der Waals surface area contributed by atoms with Crippen LogP contribution in [0.15, 0.2) is 42.0 Å². The van der Waals surface area contributed by atoms with Gasteiger partial charge in [-0.3, -0.25) is 14.5 Å². The standard InChI is InChI=1S/C20H27N3O2/c24-19(22-14-16-7-3-1-4-8-16)13-18-20(25)21-11-12-23(18)15-17-9-5-2-6-10-17/h2,5-7,9-10,18H,1,3-4,8,11-15H2,(H,21,25)(H,22,24). The zero-order chi connectivity index (χ0) is 17.5. The fourth-order valence-electron chi connectivity index (χ4n) is 3.52. The first-order valence-corrected chi connectivity index (χ1v) is 9.22. The minimum absolute atomic E-state index is 0.0470. The van der Waals surface area contributed by atoms with Gasteiger partial charge in [0.2, 0.25) is 11.8 Å². The number of rotatable bonds is 6. The van der Waals surface area contributed by atoms with Crippen molar-refractivity contribution in [3.05, 3.63) is 47.5 Å². The number of carbonyl (C=O) groups excluding carboxylic acids is 2. The van der Waals surface area contributed by atoms with Crippen LogP contribution in [0.5, 0.6) is 0 Å². The maximum Gasteiger partial charge on any atom is 0.237 e. The molecule has 5 heteroatoms. The first-order valence-electron chi connectivity index (χ1n) is 9.22. The van der Waals surface area contributed by atoms with Gasteiger partial charge in [-0.05, 0) is 31.2 Å². The molecule has 0 bridgehead atoms. The van der Waals surface area contributed by atoms with Gasteiger partial charge >= 0.3 is 0 Å². The summed E-state index contributed by atoms with van der Waals surface area (Å²) in [5, 5.41) is 5.88. The van der Waals surface area contributed by atoms with Gasteiger partial charge < -0.3 is 10.6 Å². The molecule has 1 unspecified atom stereocenters. The predicted octanol–water partition coefficient (Wildman–Crippen LogP) is 1.99. The van der Waals surface area contributed by atoms with E-state index in [1.165, 1.54) is 18.4 Å². The number of hydrogen-bond acceptors (Lipinski definition) is 3. The highest BCUT2D eigenvalue weighted by Gasteiger charge is 2.31. The average molecular weight is 341 g/mol. The Morgan fingerprint density at radius 3 is 2.84 bits per heavy atom. The lowest BCUT2D eigenvalue weighted by Gasteiger charge is -2.34. The number of nitrogens with one attached hydrogen (secondary N) is 2. The molecule has 2 aliphatic rings. The molecular weight excluding hydrogens is 314 g/mol. The van der Waals surface area contributed by atoms with Crippen molar-refractivity contribution in [3.8, 4) is 0 Å². The minimum atomic E-state index is -0.394. The molecule has 5 nitrogen and oxygen atoms in total. The summed E-state index contributed by atoms with van der Waals surface area (Å²) in [7, 11) is 0. The van der Waals surface area contributed by atoms with Crippen LogP contribution in [0.25, 0.3) is 0 Å². The minimum Gasteiger partial charge on any atom is -0.353 e. The highest BCUT2D eigenvalue weighted by Crippen LogP contribution is 2.17. The molecular formula is C20H27N3O2. The topological polar surface area (TPSA) is 61.4 Å². The summed E-state index contributed by atoms with van der Waals surface area (Å²) in [6, 6.07) is 9.70. The molecule has 0 saturated carbocycles. The summed E-state index contributed by atoms with van der Waals surface area (Å²) in [5.74, 6) is -0.0965. The van der Waals surface area contributed by atoms with Crippen LogP contribution in [0.3, 0.4) is 0 Å². The van der Waals surface area contributed by atoms with Crippen molar-refractivity contribution in [1.29, 1.82) is 0 Å². The average Bonchev–Trinajstić information content (AvgIpc) is 2.65. The van der Waals surface area contributed by atoms with Gasteiger partial charge in [0.25, 0.3) is 0 Å². The molecule has 1 aliphatic heterocycles. The van der Waals surface area contributed by atoms with E-state index in [0.29, 0.717) is 19.6 Å². The number of hydrogen-bond donors (Lipinski definition) is 2. The third-order valence-corrected chi connectivity index (χ3v) is 4.95. The van der Waals surface area contributed by atoms with Crippen LogP contribution in [0.2, 0.25) is 0 Å². The predicted molar refractivity (Wildman–Crippen MR) is 97.8 cm³/mol. The molecule has 0 spiro atoms. The molecule has 1 fully saturated rings. The number of allylic oxidation sites excluding steroid dienone is 1. The van der Waals surface area contributed by atoms with Gasteiger partial charge in [-0.2, -0.15) is 0 Å². The van der Waals surface area contributed by atoms with Crippen molar-refractivity contribution in [2.24, 2.45) is 0 Å². The summed E-state index contributed by atoms with van der Waals surface area (Å²) in [6.45, 7) is 2.71. The second kappa shape index (κ2) is 8.81. The van der Waals surface area contributed by atoms with E-state index < -0.39 is 6.04 Å². The Morgan fingerprint density at radius 1 is 1.24 bits per heavy atom. The summed E-state index contributed by atoms with van der Waals surface area (Å²) in [6.07, 6.45) is 7.09. The first-order chi connectivity index (χ1) is 12.2. The Hall–Kier alpha value is -2.14. The summed E-state index contributed by atoms with van der Waals surface area (Å²) >= 11 is 0. The first kappa shape index (κ1) is 17.7. The number of carbonyl (C=O) groups is 2. The van der Waals surface area contributed by atoms with Crippen LogP contribution >= 0.6 is 0 Å². The van der Waals surface area contributed by atoms with E-state index >= 15 is 0 Å². The summed E-state index contributed by atoms with van der Waals surface area (Å²) in [5.41, 5.74) is 2.48. The van der Waals surface area contributed by atoms with Gasteiger partial charge in [-0.1, -0.05) is 42.0 Å². The molecule has 1 aromatic carbocycles. The van der Waals surface area contributed by atoms with E-state index in [-0.39, 0.29) is 18.2 Å². The van der Waals surface area contributed by atoms with Gasteiger partial charge in [0.15, 0.2) is 0 Å². The fraction of sp³-hybridized carbons (Fsp3) is 0.500. The Morgan fingerprint density at radius 2 is 2.08 bits per heavy atom. The Labute approximate surface area is 149 Å². The molecule has 1 heterocycles. The van der Waals surface area contributed by atoms with Crippen LogP contribution in [-0.2, 0) is 16.1 Å². The highest BCUT2D eigenvalue weighted by atomic mass is 16.2. The van der Waals surface area contributed by atoms with E-state index in [1.807, 2.05) is 18.2 Å². The molecule has 134 valence electrons. The van der Waals surface area contributed by atoms with Crippen molar-refractivity contribution in [3.63, 3.8) is 0 Å². The lowest BCUT2D eigenvalue weighted by atomic mass is 9.99. The van der Waals surface area contributed by atoms with Crippen LogP contribution < -0.4 is 10.6 Å². The Bertz CT molecular complexity index is 627. The lowest BCUT2D eigenvalue weighted by Crippen LogP contribution is -2.56. The molecule has 3 rings (SSSR count). The van der Waals surface area contributed by atoms with Gasteiger partial charge in [0.1, 0.15) is 0 Å². The number of piperazine rings is 1. The van der Waals surface area contributed by atoms with Crippen LogP contribution in [0.4, 0.5) is 0 Å². The molecule has 1 aromatic rings. The molecule has 1 saturated heterocycles. The van der Waals surface area contributed by atoms with Gasteiger partial charge in [-0.15, -0.1) is 0 Å². The lowest BCUT2D eigenvalue weighted by molar-refractivity contribution is -0.134. The smallest absolute Gasteiger partial charge is 0.237 e. The van der Waals surface area contributed by atoms with E-state index in [2.05, 4.69) is 33.7 Å². The monoisotopic (exact) mass is 341 g/mol. The number of benzene rings is 1. The molecule has 25 heavy (non-hydrogen) atoms. The second-order valence-corrected chi connectivity index (χ2v) is 6.85. The van der Waals surface area contributed by atoms with Crippen LogP contribution in [-0.4, -0.2) is 42.4 Å². The number of amides is 2. The SMILES string of the molecule is O=C(CC1C(=O)NCCN1Cc1ccccc1)NCC1=CCCCC1. The van der Waals surface area contributed by atoms with Crippen molar-refractivity contribution in [2.45, 2.75) is 44.7 Å². The van der Waals surface area contributed by atoms with Crippen molar-refractivity contribution >= 4 is 11.8 Å². The Balaban J connectivity index is 1.56. The largest absolute Gasteiger partial charge is 0.353 e. The van der Waals surface area contributed by atoms with Crippen molar-refractivity contribution in [1.82, 2.24) is 15.5 Å². The van der Waals surface area contributed by atoms with Crippen molar-refractivity contribution in [2.75, 3.05) is 19.6 Å². The zero-order valence-corrected chi connectivity index (χ0v) is 14.7. The molecule has 2 N–H and O–H groups in total. The maximum atomic E-state index is 12.4. The number of nitrogens with zero attached hydrogens (tertiary/aromatic N) is 1. The Kier molecular flexibility index (Phi) is 6.23. The normalized spacial score (nSPS) is 21.4. The molecule has 2 amide bonds. The third-order valence-electron chi connectivity index (χ3n) is 4.95. The molecule has 0 aromatic heterocycles. The van der Waals surface area contributed by atoms with E-state index in [4.69, 9.17) is 0 Å². The van der Waals surface area contributed by atoms with Crippen LogP contribution in [0, 0.1) is 0 Å². The van der Waals surface area contributed by atoms with E-state index in [9.17, 15) is 9.59 Å². The molecule has 1 aliphatic carbocycles. The van der Waals surface area contributed by atoms with Gasteiger partial charge in [0.05, 0.1) is 12.5 Å². The maximum absolute atomic E-state index is 12.4. The molecule has 0 radical (unpaired) electrons. The van der Waals surface area contributed by atoms with Gasteiger partial charge in [0, 0.05) is 26.2 Å². The van der Waals surface area contributed by atoms with Gasteiger partial charge in [-0.25, -0.2) is 0 Å². The van der Waals surface area contributed by atoms with E-state index in [1.54, 1.807) is 0 Å².